The first-order valence-electron chi connectivity index (χ1n) is 6.43. The highest BCUT2D eigenvalue weighted by Crippen LogP contribution is 2.35. The minimum absolute atomic E-state index is 0.219. The van der Waals surface area contributed by atoms with Crippen molar-refractivity contribution in [3.63, 3.8) is 0 Å². The Morgan fingerprint density at radius 3 is 2.65 bits per heavy atom. The molecule has 17 heavy (non-hydrogen) atoms. The van der Waals surface area contributed by atoms with Gasteiger partial charge < -0.3 is 5.21 Å². The standard InChI is InChI=1S/C14H18N2O/c17-15-13-10-11-6-2-3-7-12(11)14(13)16-8-4-1-5-9-16/h2-3,6-7,14,17H,1,4-5,8-10H2/b15-13+. The highest BCUT2D eigenvalue weighted by molar-refractivity contribution is 5.96. The molecule has 0 saturated carbocycles. The lowest BCUT2D eigenvalue weighted by atomic mass is 10.0. The first-order valence-corrected chi connectivity index (χ1v) is 6.43. The van der Waals surface area contributed by atoms with E-state index in [1.165, 1.54) is 30.4 Å². The Bertz CT molecular complexity index is 436. The zero-order valence-electron chi connectivity index (χ0n) is 9.97. The summed E-state index contributed by atoms with van der Waals surface area (Å²) in [6.07, 6.45) is 4.65. The van der Waals surface area contributed by atoms with Crippen LogP contribution in [0.3, 0.4) is 0 Å². The molecule has 0 bridgehead atoms. The monoisotopic (exact) mass is 230 g/mol. The van der Waals surface area contributed by atoms with Crippen molar-refractivity contribution in [3.05, 3.63) is 35.4 Å². The molecule has 0 radical (unpaired) electrons. The summed E-state index contributed by atoms with van der Waals surface area (Å²) in [6.45, 7) is 2.25. The first-order chi connectivity index (χ1) is 8.40. The van der Waals surface area contributed by atoms with Crippen LogP contribution in [-0.4, -0.2) is 28.9 Å². The van der Waals surface area contributed by atoms with Gasteiger partial charge >= 0.3 is 0 Å². The molecule has 1 atom stereocenters. The third-order valence-corrected chi connectivity index (χ3v) is 3.92. The van der Waals surface area contributed by atoms with Gasteiger partial charge in [-0.2, -0.15) is 0 Å². The number of piperidine rings is 1. The Morgan fingerprint density at radius 2 is 1.88 bits per heavy atom. The lowest BCUT2D eigenvalue weighted by molar-refractivity contribution is 0.199. The quantitative estimate of drug-likeness (QED) is 0.594. The van der Waals surface area contributed by atoms with E-state index in [9.17, 15) is 5.21 Å². The van der Waals surface area contributed by atoms with Gasteiger partial charge in [0.15, 0.2) is 0 Å². The van der Waals surface area contributed by atoms with Gasteiger partial charge in [0.2, 0.25) is 0 Å². The lowest BCUT2D eigenvalue weighted by Gasteiger charge is -2.32. The second-order valence-electron chi connectivity index (χ2n) is 4.97. The zero-order valence-corrected chi connectivity index (χ0v) is 9.97. The van der Waals surface area contributed by atoms with Crippen LogP contribution in [0.1, 0.15) is 36.4 Å². The fourth-order valence-corrected chi connectivity index (χ4v) is 3.11. The minimum atomic E-state index is 0.219. The van der Waals surface area contributed by atoms with E-state index in [0.717, 1.165) is 25.2 Å². The Hall–Kier alpha value is -1.35. The number of nitrogens with zero attached hydrogens (tertiary/aromatic N) is 2. The van der Waals surface area contributed by atoms with Crippen molar-refractivity contribution in [2.45, 2.75) is 31.7 Å². The van der Waals surface area contributed by atoms with E-state index in [1.54, 1.807) is 0 Å². The summed E-state index contributed by atoms with van der Waals surface area (Å²) in [7, 11) is 0. The maximum absolute atomic E-state index is 9.20. The van der Waals surface area contributed by atoms with Crippen LogP contribution in [0.15, 0.2) is 29.4 Å². The predicted molar refractivity (Wildman–Crippen MR) is 67.5 cm³/mol. The van der Waals surface area contributed by atoms with Crippen molar-refractivity contribution in [3.8, 4) is 0 Å². The van der Waals surface area contributed by atoms with Crippen LogP contribution in [0, 0.1) is 0 Å². The number of fused-ring (bicyclic) bond motifs is 1. The molecule has 1 N–H and O–H groups in total. The number of oxime groups is 1. The molecule has 1 aliphatic heterocycles. The minimum Gasteiger partial charge on any atom is -0.411 e. The second-order valence-corrected chi connectivity index (χ2v) is 4.97. The van der Waals surface area contributed by atoms with Crippen molar-refractivity contribution in [2.24, 2.45) is 5.16 Å². The summed E-state index contributed by atoms with van der Waals surface area (Å²) >= 11 is 0. The van der Waals surface area contributed by atoms with Crippen LogP contribution in [0.2, 0.25) is 0 Å². The molecule has 3 nitrogen and oxygen atoms in total. The molecule has 3 heteroatoms. The summed E-state index contributed by atoms with van der Waals surface area (Å²) in [4.78, 5) is 2.46. The third kappa shape index (κ3) is 1.84. The summed E-state index contributed by atoms with van der Waals surface area (Å²) < 4.78 is 0. The van der Waals surface area contributed by atoms with E-state index in [4.69, 9.17) is 0 Å². The van der Waals surface area contributed by atoms with Crippen LogP contribution in [0.5, 0.6) is 0 Å². The molecule has 1 fully saturated rings. The maximum atomic E-state index is 9.20. The highest BCUT2D eigenvalue weighted by atomic mass is 16.4. The van der Waals surface area contributed by atoms with E-state index in [0.29, 0.717) is 0 Å². The SMILES string of the molecule is O/N=C1\Cc2ccccc2C1N1CCCCC1. The predicted octanol–water partition coefficient (Wildman–Crippen LogP) is 2.60. The lowest BCUT2D eigenvalue weighted by Crippen LogP contribution is -2.36. The largest absolute Gasteiger partial charge is 0.411 e. The second kappa shape index (κ2) is 4.49. The summed E-state index contributed by atoms with van der Waals surface area (Å²) in [5, 5.41) is 12.7. The molecule has 90 valence electrons. The topological polar surface area (TPSA) is 35.8 Å². The van der Waals surface area contributed by atoms with Crippen molar-refractivity contribution < 1.29 is 5.21 Å². The molecule has 1 saturated heterocycles. The Morgan fingerprint density at radius 1 is 1.12 bits per heavy atom. The van der Waals surface area contributed by atoms with Gasteiger partial charge in [0.25, 0.3) is 0 Å². The van der Waals surface area contributed by atoms with Crippen molar-refractivity contribution in [2.75, 3.05) is 13.1 Å². The van der Waals surface area contributed by atoms with Gasteiger partial charge in [-0.1, -0.05) is 35.8 Å². The van der Waals surface area contributed by atoms with Gasteiger partial charge in [-0.05, 0) is 37.1 Å². The molecule has 2 aliphatic rings. The van der Waals surface area contributed by atoms with Gasteiger partial charge in [-0.3, -0.25) is 4.90 Å². The molecule has 1 aliphatic carbocycles. The smallest absolute Gasteiger partial charge is 0.0831 e. The molecule has 1 aromatic carbocycles. The van der Waals surface area contributed by atoms with Crippen LogP contribution < -0.4 is 0 Å². The van der Waals surface area contributed by atoms with Crippen LogP contribution in [0.4, 0.5) is 0 Å². The molecule has 3 rings (SSSR count). The van der Waals surface area contributed by atoms with Crippen molar-refractivity contribution in [1.29, 1.82) is 0 Å². The van der Waals surface area contributed by atoms with Crippen LogP contribution in [-0.2, 0) is 6.42 Å². The Labute approximate surface area is 102 Å². The number of benzene rings is 1. The van der Waals surface area contributed by atoms with Crippen LogP contribution in [0.25, 0.3) is 0 Å². The Kier molecular flexibility index (Phi) is 2.85. The molecule has 0 aromatic heterocycles. The summed E-state index contributed by atoms with van der Waals surface area (Å²) in [6, 6.07) is 8.68. The van der Waals surface area contributed by atoms with E-state index in [2.05, 4.69) is 34.3 Å². The maximum Gasteiger partial charge on any atom is 0.0831 e. The molecule has 0 amide bonds. The van der Waals surface area contributed by atoms with Gasteiger partial charge in [-0.15, -0.1) is 0 Å². The molecule has 0 spiro atoms. The third-order valence-electron chi connectivity index (χ3n) is 3.92. The average Bonchev–Trinajstić information content (AvgIpc) is 2.78. The van der Waals surface area contributed by atoms with Gasteiger partial charge in [0, 0.05) is 6.42 Å². The van der Waals surface area contributed by atoms with Gasteiger partial charge in [-0.25, -0.2) is 0 Å². The number of hydrogen-bond acceptors (Lipinski definition) is 3. The molecule has 1 heterocycles. The average molecular weight is 230 g/mol. The molecule has 1 unspecified atom stereocenters. The highest BCUT2D eigenvalue weighted by Gasteiger charge is 2.34. The number of rotatable bonds is 1. The van der Waals surface area contributed by atoms with Gasteiger partial charge in [0.1, 0.15) is 0 Å². The summed E-state index contributed by atoms with van der Waals surface area (Å²) in [5.74, 6) is 0. The van der Waals surface area contributed by atoms with Gasteiger partial charge in [0.05, 0.1) is 11.8 Å². The van der Waals surface area contributed by atoms with E-state index >= 15 is 0 Å². The van der Waals surface area contributed by atoms with E-state index < -0.39 is 0 Å². The number of hydrogen-bond donors (Lipinski definition) is 1. The van der Waals surface area contributed by atoms with E-state index in [1.807, 2.05) is 0 Å². The first kappa shape index (κ1) is 10.8. The fourth-order valence-electron chi connectivity index (χ4n) is 3.11. The van der Waals surface area contributed by atoms with E-state index in [-0.39, 0.29) is 6.04 Å². The Balaban J connectivity index is 1.95. The zero-order chi connectivity index (χ0) is 11.7. The normalized spacial score (nSPS) is 27.3. The van der Waals surface area contributed by atoms with Crippen molar-refractivity contribution >= 4 is 5.71 Å². The fraction of sp³-hybridized carbons (Fsp3) is 0.500. The molecule has 1 aromatic rings. The summed E-state index contributed by atoms with van der Waals surface area (Å²) in [5.41, 5.74) is 3.56. The molecular formula is C14H18N2O. The van der Waals surface area contributed by atoms with Crippen molar-refractivity contribution in [1.82, 2.24) is 4.90 Å². The molecular weight excluding hydrogens is 212 g/mol. The number of likely N-dealkylation sites (tertiary alicyclic amines) is 1. The van der Waals surface area contributed by atoms with Crippen LogP contribution >= 0.6 is 0 Å².